The number of hydrogen-bond donors (Lipinski definition) is 1. The summed E-state index contributed by atoms with van der Waals surface area (Å²) < 4.78 is 0. The Labute approximate surface area is 129 Å². The molecule has 0 radical (unpaired) electrons. The molecule has 1 aromatic rings. The Bertz CT molecular complexity index is 575. The lowest BCUT2D eigenvalue weighted by Gasteiger charge is -2.44. The number of hydrogen-bond acceptors (Lipinski definition) is 4. The number of piperazine rings is 1. The predicted molar refractivity (Wildman–Crippen MR) is 80.5 cm³/mol. The van der Waals surface area contributed by atoms with Gasteiger partial charge < -0.3 is 10.2 Å². The van der Waals surface area contributed by atoms with Gasteiger partial charge in [-0.2, -0.15) is 0 Å². The van der Waals surface area contributed by atoms with Crippen LogP contribution in [-0.2, 0) is 4.79 Å². The Morgan fingerprint density at radius 2 is 2.00 bits per heavy atom. The lowest BCUT2D eigenvalue weighted by atomic mass is 9.87. The third-order valence-corrected chi connectivity index (χ3v) is 4.92. The fraction of sp³-hybridized carbons (Fsp3) is 0.667. The molecule has 2 saturated carbocycles. The van der Waals surface area contributed by atoms with Gasteiger partial charge >= 0.3 is 0 Å². The number of anilines is 1. The Morgan fingerprint density at radius 1 is 1.19 bits per heavy atom. The smallest absolute Gasteiger partial charge is 0.239 e. The fourth-order valence-electron chi connectivity index (χ4n) is 3.52. The number of rotatable bonds is 2. The van der Waals surface area contributed by atoms with Gasteiger partial charge in [0.05, 0.1) is 12.6 Å². The molecule has 21 heavy (non-hydrogen) atoms. The quantitative estimate of drug-likeness (QED) is 0.852. The first-order valence-electron chi connectivity index (χ1n) is 7.81. The molecule has 1 amide bonds. The number of fused-ring (bicyclic) bond motifs is 1. The maximum Gasteiger partial charge on any atom is 0.239 e. The van der Waals surface area contributed by atoms with Crippen molar-refractivity contribution < 1.29 is 4.79 Å². The van der Waals surface area contributed by atoms with E-state index in [-0.39, 0.29) is 11.9 Å². The second-order valence-corrected chi connectivity index (χ2v) is 6.72. The largest absolute Gasteiger partial charge is 0.350 e. The standard InChI is InChI=1S/C15H19ClN4O/c16-12-7-13(19-15(18-12)9-5-6-9)20-8-14(21)17-10-3-1-2-4-11(10)20/h7,9-11H,1-6,8H2,(H,17,21). The van der Waals surface area contributed by atoms with Crippen molar-refractivity contribution in [1.29, 1.82) is 0 Å². The third-order valence-electron chi connectivity index (χ3n) is 4.73. The normalized spacial score (nSPS) is 29.0. The fourth-order valence-corrected chi connectivity index (χ4v) is 3.71. The van der Waals surface area contributed by atoms with Crippen LogP contribution in [0.15, 0.2) is 6.07 Å². The second-order valence-electron chi connectivity index (χ2n) is 6.34. The van der Waals surface area contributed by atoms with Crippen LogP contribution in [0.3, 0.4) is 0 Å². The van der Waals surface area contributed by atoms with Gasteiger partial charge in [-0.25, -0.2) is 9.97 Å². The molecule has 112 valence electrons. The lowest BCUT2D eigenvalue weighted by Crippen LogP contribution is -2.62. The number of halogens is 1. The summed E-state index contributed by atoms with van der Waals surface area (Å²) in [5.74, 6) is 2.21. The van der Waals surface area contributed by atoms with Gasteiger partial charge in [-0.1, -0.05) is 24.4 Å². The third kappa shape index (κ3) is 2.59. The first kappa shape index (κ1) is 13.3. The van der Waals surface area contributed by atoms with Crippen LogP contribution in [0.25, 0.3) is 0 Å². The average molecular weight is 307 g/mol. The molecule has 6 heteroatoms. The molecule has 2 aliphatic carbocycles. The highest BCUT2D eigenvalue weighted by atomic mass is 35.5. The molecule has 1 aromatic heterocycles. The van der Waals surface area contributed by atoms with Crippen LogP contribution >= 0.6 is 11.6 Å². The molecule has 2 unspecified atom stereocenters. The molecule has 0 aromatic carbocycles. The maximum atomic E-state index is 12.0. The Hall–Kier alpha value is -1.36. The van der Waals surface area contributed by atoms with E-state index in [9.17, 15) is 4.79 Å². The van der Waals surface area contributed by atoms with Crippen molar-refractivity contribution in [3.05, 3.63) is 17.0 Å². The zero-order valence-electron chi connectivity index (χ0n) is 11.9. The highest BCUT2D eigenvalue weighted by Crippen LogP contribution is 2.39. The molecule has 3 fully saturated rings. The van der Waals surface area contributed by atoms with Gasteiger partial charge in [0.2, 0.25) is 5.91 Å². The Balaban J connectivity index is 1.68. The van der Waals surface area contributed by atoms with E-state index in [1.54, 1.807) is 6.07 Å². The van der Waals surface area contributed by atoms with E-state index in [1.807, 2.05) is 0 Å². The highest BCUT2D eigenvalue weighted by molar-refractivity contribution is 6.29. The van der Waals surface area contributed by atoms with Gasteiger partial charge in [0.1, 0.15) is 16.8 Å². The number of amides is 1. The molecule has 0 bridgehead atoms. The molecule has 2 atom stereocenters. The van der Waals surface area contributed by atoms with Gasteiger partial charge in [-0.15, -0.1) is 0 Å². The van der Waals surface area contributed by atoms with Crippen LogP contribution in [0, 0.1) is 0 Å². The van der Waals surface area contributed by atoms with Crippen molar-refractivity contribution in [1.82, 2.24) is 15.3 Å². The monoisotopic (exact) mass is 306 g/mol. The molecule has 0 spiro atoms. The summed E-state index contributed by atoms with van der Waals surface area (Å²) in [6.07, 6.45) is 6.85. The minimum Gasteiger partial charge on any atom is -0.350 e. The summed E-state index contributed by atoms with van der Waals surface area (Å²) >= 11 is 6.17. The van der Waals surface area contributed by atoms with Crippen LogP contribution in [0.2, 0.25) is 5.15 Å². The summed E-state index contributed by atoms with van der Waals surface area (Å²) in [6, 6.07) is 2.39. The van der Waals surface area contributed by atoms with Gasteiger partial charge in [-0.3, -0.25) is 4.79 Å². The van der Waals surface area contributed by atoms with Crippen molar-refractivity contribution in [2.75, 3.05) is 11.4 Å². The predicted octanol–water partition coefficient (Wildman–Crippen LogP) is 2.25. The highest BCUT2D eigenvalue weighted by Gasteiger charge is 2.38. The molecule has 4 rings (SSSR count). The number of aromatic nitrogens is 2. The summed E-state index contributed by atoms with van der Waals surface area (Å²) in [6.45, 7) is 0.374. The van der Waals surface area contributed by atoms with E-state index in [0.717, 1.165) is 37.3 Å². The Morgan fingerprint density at radius 3 is 2.81 bits per heavy atom. The number of carbonyl (C=O) groups excluding carboxylic acids is 1. The van der Waals surface area contributed by atoms with Crippen LogP contribution in [-0.4, -0.2) is 34.5 Å². The number of nitrogens with zero attached hydrogens (tertiary/aromatic N) is 3. The minimum absolute atomic E-state index is 0.0841. The zero-order valence-corrected chi connectivity index (χ0v) is 12.6. The van der Waals surface area contributed by atoms with Crippen molar-refractivity contribution >= 4 is 23.3 Å². The molecule has 5 nitrogen and oxygen atoms in total. The van der Waals surface area contributed by atoms with E-state index in [1.165, 1.54) is 12.8 Å². The Kier molecular flexibility index (Phi) is 3.25. The van der Waals surface area contributed by atoms with Crippen molar-refractivity contribution in [2.24, 2.45) is 0 Å². The van der Waals surface area contributed by atoms with E-state index in [2.05, 4.69) is 15.2 Å². The van der Waals surface area contributed by atoms with Gasteiger partial charge in [-0.05, 0) is 25.7 Å². The van der Waals surface area contributed by atoms with Gasteiger partial charge in [0.15, 0.2) is 0 Å². The maximum absolute atomic E-state index is 12.0. The first-order valence-corrected chi connectivity index (χ1v) is 8.19. The van der Waals surface area contributed by atoms with Crippen molar-refractivity contribution in [3.63, 3.8) is 0 Å². The average Bonchev–Trinajstić information content (AvgIpc) is 3.30. The van der Waals surface area contributed by atoms with Crippen molar-refractivity contribution in [2.45, 2.75) is 56.5 Å². The molecular formula is C15H19ClN4O. The molecule has 1 N–H and O–H groups in total. The molecule has 1 saturated heterocycles. The summed E-state index contributed by atoms with van der Waals surface area (Å²) in [7, 11) is 0. The van der Waals surface area contributed by atoms with E-state index < -0.39 is 0 Å². The van der Waals surface area contributed by atoms with Gasteiger partial charge in [0, 0.05) is 18.0 Å². The second kappa shape index (κ2) is 5.13. The van der Waals surface area contributed by atoms with E-state index >= 15 is 0 Å². The van der Waals surface area contributed by atoms with E-state index in [0.29, 0.717) is 23.7 Å². The van der Waals surface area contributed by atoms with Crippen LogP contribution in [0.5, 0.6) is 0 Å². The van der Waals surface area contributed by atoms with Crippen LogP contribution < -0.4 is 10.2 Å². The molecule has 1 aliphatic heterocycles. The SMILES string of the molecule is O=C1CN(c2cc(Cl)nc(C3CC3)n2)C2CCCCC2N1. The topological polar surface area (TPSA) is 58.1 Å². The number of carbonyl (C=O) groups is 1. The summed E-state index contributed by atoms with van der Waals surface area (Å²) in [5.41, 5.74) is 0. The van der Waals surface area contributed by atoms with E-state index in [4.69, 9.17) is 16.6 Å². The molecular weight excluding hydrogens is 288 g/mol. The lowest BCUT2D eigenvalue weighted by molar-refractivity contribution is -0.122. The minimum atomic E-state index is 0.0841. The van der Waals surface area contributed by atoms with Crippen molar-refractivity contribution in [3.8, 4) is 0 Å². The summed E-state index contributed by atoms with van der Waals surface area (Å²) in [4.78, 5) is 23.2. The number of nitrogens with one attached hydrogen (secondary N) is 1. The molecule has 3 aliphatic rings. The van der Waals surface area contributed by atoms with Crippen LogP contribution in [0.4, 0.5) is 5.82 Å². The summed E-state index contributed by atoms with van der Waals surface area (Å²) in [5, 5.41) is 3.61. The molecule has 2 heterocycles. The van der Waals surface area contributed by atoms with Gasteiger partial charge in [0.25, 0.3) is 0 Å². The first-order chi connectivity index (χ1) is 10.2. The zero-order chi connectivity index (χ0) is 14.4. The van der Waals surface area contributed by atoms with Crippen LogP contribution in [0.1, 0.15) is 50.3 Å².